The number of nitrogens with one attached hydrogen (secondary N) is 2. The van der Waals surface area contributed by atoms with Crippen LogP contribution in [0.2, 0.25) is 0 Å². The Morgan fingerprint density at radius 1 is 1.19 bits per heavy atom. The molecule has 12 heteroatoms. The van der Waals surface area contributed by atoms with E-state index in [0.29, 0.717) is 22.9 Å². The zero-order valence-electron chi connectivity index (χ0n) is 25.8. The summed E-state index contributed by atoms with van der Waals surface area (Å²) in [6.45, 7) is 7.89. The van der Waals surface area contributed by atoms with Crippen LogP contribution in [0.1, 0.15) is 103 Å². The molecule has 1 unspecified atom stereocenters. The lowest BCUT2D eigenvalue weighted by Gasteiger charge is -2.27. The molecule has 3 rings (SSSR count). The molecule has 0 fully saturated rings. The second kappa shape index (κ2) is 17.9. The van der Waals surface area contributed by atoms with Crippen molar-refractivity contribution in [1.82, 2.24) is 15.6 Å². The topological polar surface area (TPSA) is 127 Å². The van der Waals surface area contributed by atoms with Crippen molar-refractivity contribution in [2.24, 2.45) is 10.9 Å². The molecule has 0 saturated carbocycles. The zero-order valence-corrected chi connectivity index (χ0v) is 28.3. The Hall–Kier alpha value is -2.18. The number of ether oxygens (including phenoxy) is 1. The smallest absolute Gasteiger partial charge is 0.329 e. The maximum absolute atomic E-state index is 13.3. The molecule has 0 saturated heterocycles. The largest absolute Gasteiger partial charge is 0.456 e. The summed E-state index contributed by atoms with van der Waals surface area (Å²) >= 11 is 4.29. The molecule has 0 radical (unpaired) electrons. The Labute approximate surface area is 268 Å². The van der Waals surface area contributed by atoms with Crippen LogP contribution in [0.15, 0.2) is 22.5 Å². The van der Waals surface area contributed by atoms with Crippen molar-refractivity contribution < 1.29 is 23.9 Å². The molecule has 2 amide bonds. The summed E-state index contributed by atoms with van der Waals surface area (Å²) in [5, 5.41) is 9.30. The minimum absolute atomic E-state index is 0.0396. The number of aliphatic imine (C=N–C) groups is 1. The molecule has 0 aliphatic carbocycles. The van der Waals surface area contributed by atoms with Crippen molar-refractivity contribution in [3.05, 3.63) is 28.2 Å². The number of carbonyl (C=O) groups excluding carboxylic acids is 4. The van der Waals surface area contributed by atoms with Crippen LogP contribution in [0.3, 0.4) is 0 Å². The molecule has 0 spiro atoms. The van der Waals surface area contributed by atoms with E-state index in [9.17, 15) is 19.2 Å². The average Bonchev–Trinajstić information content (AvgIpc) is 3.60. The molecular weight excluding hydrogens is 605 g/mol. The van der Waals surface area contributed by atoms with Crippen LogP contribution in [-0.2, 0) is 30.5 Å². The summed E-state index contributed by atoms with van der Waals surface area (Å²) in [7, 11) is 0. The number of rotatable bonds is 13. The lowest BCUT2D eigenvalue weighted by Crippen LogP contribution is -2.53. The van der Waals surface area contributed by atoms with Crippen molar-refractivity contribution in [1.29, 1.82) is 0 Å². The summed E-state index contributed by atoms with van der Waals surface area (Å²) < 4.78 is 5.80. The predicted molar refractivity (Wildman–Crippen MR) is 176 cm³/mol. The van der Waals surface area contributed by atoms with Gasteiger partial charge in [0, 0.05) is 23.3 Å². The number of carbonyl (C=O) groups is 4. The van der Waals surface area contributed by atoms with E-state index in [1.54, 1.807) is 13.0 Å². The third-order valence-electron chi connectivity index (χ3n) is 7.26. The molecule has 1 aromatic rings. The number of fused-ring (bicyclic) bond motifs is 4. The summed E-state index contributed by atoms with van der Waals surface area (Å²) in [6.07, 6.45) is 11.8. The van der Waals surface area contributed by atoms with E-state index in [2.05, 4.69) is 27.5 Å². The number of amides is 2. The van der Waals surface area contributed by atoms with Gasteiger partial charge in [-0.05, 0) is 44.6 Å². The fourth-order valence-corrected chi connectivity index (χ4v) is 7.36. The summed E-state index contributed by atoms with van der Waals surface area (Å²) in [4.78, 5) is 60.8. The standard InChI is InChI=1S/C31H46N4O5S3/c1-5-6-7-8-12-15-26(37)41-16-13-10-9-11-14-22-17-24(36)32-18-25-33-23(19-42-25)28-35-31(4,20-43-28)30(39)34-27(21(2)3)29(38)40-22/h11,14,19,21-22,27H,5-10,12-13,15-18,20H2,1-4H3,(H,32,36)(H,34,39)/t22?,27-,31-/m0/s1. The molecule has 3 atom stereocenters. The minimum Gasteiger partial charge on any atom is -0.456 e. The lowest BCUT2D eigenvalue weighted by molar-refractivity contribution is -0.153. The predicted octanol–water partition coefficient (Wildman–Crippen LogP) is 5.81. The number of thioether (sulfide) groups is 2. The normalized spacial score (nSPS) is 23.3. The molecule has 3 heterocycles. The highest BCUT2D eigenvalue weighted by molar-refractivity contribution is 8.14. The highest BCUT2D eigenvalue weighted by Crippen LogP contribution is 2.32. The second-order valence-corrected chi connectivity index (χ2v) is 14.6. The van der Waals surface area contributed by atoms with Gasteiger partial charge in [0.15, 0.2) is 5.12 Å². The molecular formula is C31H46N4O5S3. The molecule has 2 aliphatic rings. The van der Waals surface area contributed by atoms with Crippen molar-refractivity contribution in [3.8, 4) is 0 Å². The van der Waals surface area contributed by atoms with Gasteiger partial charge in [-0.1, -0.05) is 64.3 Å². The van der Waals surface area contributed by atoms with Crippen LogP contribution in [-0.4, -0.2) is 62.1 Å². The van der Waals surface area contributed by atoms with E-state index in [0.717, 1.165) is 42.9 Å². The van der Waals surface area contributed by atoms with Crippen LogP contribution in [0.25, 0.3) is 0 Å². The zero-order chi connectivity index (χ0) is 31.2. The third kappa shape index (κ3) is 11.7. The first kappa shape index (κ1) is 35.3. The molecule has 4 bridgehead atoms. The van der Waals surface area contributed by atoms with Gasteiger partial charge >= 0.3 is 5.97 Å². The molecule has 0 aromatic carbocycles. The number of hydrogen-bond acceptors (Lipinski definition) is 10. The van der Waals surface area contributed by atoms with Gasteiger partial charge in [-0.25, -0.2) is 9.78 Å². The van der Waals surface area contributed by atoms with Crippen molar-refractivity contribution in [3.63, 3.8) is 0 Å². The highest BCUT2D eigenvalue weighted by Gasteiger charge is 2.41. The van der Waals surface area contributed by atoms with Crippen LogP contribution in [0, 0.1) is 5.92 Å². The summed E-state index contributed by atoms with van der Waals surface area (Å²) in [6, 6.07) is -0.882. The lowest BCUT2D eigenvalue weighted by atomic mass is 10.0. The fourth-order valence-electron chi connectivity index (χ4n) is 4.57. The highest BCUT2D eigenvalue weighted by atomic mass is 32.2. The first-order chi connectivity index (χ1) is 20.6. The summed E-state index contributed by atoms with van der Waals surface area (Å²) in [5.41, 5.74) is -0.340. The number of allylic oxidation sites excluding steroid dienone is 1. The van der Waals surface area contributed by atoms with Crippen molar-refractivity contribution in [2.75, 3.05) is 11.5 Å². The van der Waals surface area contributed by atoms with E-state index in [-0.39, 0.29) is 35.8 Å². The van der Waals surface area contributed by atoms with E-state index in [1.807, 2.05) is 25.3 Å². The maximum atomic E-state index is 13.3. The van der Waals surface area contributed by atoms with Gasteiger partial charge in [-0.15, -0.1) is 23.1 Å². The van der Waals surface area contributed by atoms with Gasteiger partial charge in [-0.3, -0.25) is 19.4 Å². The van der Waals surface area contributed by atoms with Crippen molar-refractivity contribution >= 4 is 62.8 Å². The second-order valence-electron chi connectivity index (χ2n) is 11.6. The Balaban J connectivity index is 1.58. The molecule has 2 N–H and O–H groups in total. The number of aromatic nitrogens is 1. The number of thiazole rings is 1. The number of esters is 1. The fraction of sp³-hybridized carbons (Fsp3) is 0.677. The van der Waals surface area contributed by atoms with Gasteiger partial charge in [-0.2, -0.15) is 0 Å². The molecule has 43 heavy (non-hydrogen) atoms. The van der Waals surface area contributed by atoms with E-state index in [1.165, 1.54) is 54.1 Å². The van der Waals surface area contributed by atoms with Crippen LogP contribution < -0.4 is 10.6 Å². The number of hydrogen-bond donors (Lipinski definition) is 2. The SMILES string of the molecule is CCCCCCCC(=O)SCCCCC=CC1CC(=O)NCc2nc(cs2)C2=N[C@@](C)(CS2)C(=O)N[C@@H](C(C)C)C(=O)O1. The number of nitrogens with zero attached hydrogens (tertiary/aromatic N) is 2. The quantitative estimate of drug-likeness (QED) is 0.156. The van der Waals surface area contributed by atoms with Crippen LogP contribution in [0.4, 0.5) is 0 Å². The summed E-state index contributed by atoms with van der Waals surface area (Å²) in [5.74, 6) is -0.183. The number of unbranched alkanes of at least 4 members (excludes halogenated alkanes) is 6. The van der Waals surface area contributed by atoms with Gasteiger partial charge in [0.25, 0.3) is 0 Å². The minimum atomic E-state index is -1.03. The third-order valence-corrected chi connectivity index (χ3v) is 10.4. The molecule has 2 aliphatic heterocycles. The van der Waals surface area contributed by atoms with Crippen molar-refractivity contribution in [2.45, 2.75) is 116 Å². The van der Waals surface area contributed by atoms with Gasteiger partial charge < -0.3 is 15.4 Å². The van der Waals surface area contributed by atoms with Gasteiger partial charge in [0.05, 0.1) is 13.0 Å². The molecule has 9 nitrogen and oxygen atoms in total. The average molecular weight is 651 g/mol. The van der Waals surface area contributed by atoms with Gasteiger partial charge in [0.1, 0.15) is 33.4 Å². The number of cyclic esters (lactones) is 1. The van der Waals surface area contributed by atoms with Gasteiger partial charge in [0.2, 0.25) is 11.8 Å². The first-order valence-electron chi connectivity index (χ1n) is 15.4. The Morgan fingerprint density at radius 2 is 1.98 bits per heavy atom. The Kier molecular flexibility index (Phi) is 14.7. The maximum Gasteiger partial charge on any atom is 0.329 e. The van der Waals surface area contributed by atoms with Crippen LogP contribution >= 0.6 is 34.9 Å². The first-order valence-corrected chi connectivity index (χ1v) is 18.2. The Bertz CT molecular complexity index is 1170. The monoisotopic (exact) mass is 650 g/mol. The molecule has 1 aromatic heterocycles. The Morgan fingerprint density at radius 3 is 2.74 bits per heavy atom. The molecule has 238 valence electrons. The van der Waals surface area contributed by atoms with E-state index in [4.69, 9.17) is 4.74 Å². The van der Waals surface area contributed by atoms with Crippen LogP contribution in [0.5, 0.6) is 0 Å². The van der Waals surface area contributed by atoms with E-state index >= 15 is 0 Å². The van der Waals surface area contributed by atoms with E-state index < -0.39 is 23.7 Å².